The van der Waals surface area contributed by atoms with Gasteiger partial charge in [0.15, 0.2) is 0 Å². The molecule has 0 radical (unpaired) electrons. The lowest BCUT2D eigenvalue weighted by atomic mass is 9.96. The Balaban J connectivity index is 1.59. The van der Waals surface area contributed by atoms with E-state index in [1.54, 1.807) is 0 Å². The Labute approximate surface area is 96.7 Å². The van der Waals surface area contributed by atoms with Crippen LogP contribution in [0.3, 0.4) is 0 Å². The summed E-state index contributed by atoms with van der Waals surface area (Å²) in [5.41, 5.74) is 0. The fraction of sp³-hybridized carbons (Fsp3) is 0.917. The zero-order chi connectivity index (χ0) is 11.2. The second kappa shape index (κ2) is 6.21. The highest BCUT2D eigenvalue weighted by Crippen LogP contribution is 2.16. The van der Waals surface area contributed by atoms with Crippen LogP contribution >= 0.6 is 0 Å². The molecule has 0 aromatic rings. The number of piperidine rings is 1. The van der Waals surface area contributed by atoms with Crippen LogP contribution in [0.2, 0.25) is 0 Å². The molecule has 2 aliphatic heterocycles. The zero-order valence-electron chi connectivity index (χ0n) is 9.74. The molecule has 0 spiro atoms. The Hall–Kier alpha value is -0.610. The summed E-state index contributed by atoms with van der Waals surface area (Å²) in [5.74, 6) is 0.857. The predicted octanol–water partition coefficient (Wildman–Crippen LogP) is 0.956. The number of carbonyl (C=O) groups is 1. The minimum atomic E-state index is -0.0411. The summed E-state index contributed by atoms with van der Waals surface area (Å²) in [6, 6.07) is 0. The van der Waals surface area contributed by atoms with Crippen molar-refractivity contribution in [1.82, 2.24) is 5.32 Å². The molecular weight excluding hydrogens is 206 g/mol. The molecule has 2 saturated heterocycles. The largest absolute Gasteiger partial charge is 0.465 e. The molecule has 2 fully saturated rings. The van der Waals surface area contributed by atoms with Gasteiger partial charge < -0.3 is 14.8 Å². The van der Waals surface area contributed by atoms with Gasteiger partial charge in [-0.25, -0.2) is 0 Å². The molecule has 4 nitrogen and oxygen atoms in total. The van der Waals surface area contributed by atoms with E-state index >= 15 is 0 Å². The van der Waals surface area contributed by atoms with Crippen LogP contribution in [-0.2, 0) is 14.3 Å². The third kappa shape index (κ3) is 3.76. The second-order valence-corrected chi connectivity index (χ2v) is 4.83. The average Bonchev–Trinajstić information content (AvgIpc) is 2.81. The number of hydrogen-bond donors (Lipinski definition) is 1. The van der Waals surface area contributed by atoms with Crippen molar-refractivity contribution < 1.29 is 14.3 Å². The maximum Gasteiger partial charge on any atom is 0.306 e. The molecule has 1 N–H and O–H groups in total. The van der Waals surface area contributed by atoms with Crippen LogP contribution in [0.25, 0.3) is 0 Å². The molecule has 0 amide bonds. The molecule has 4 heteroatoms. The monoisotopic (exact) mass is 227 g/mol. The molecule has 16 heavy (non-hydrogen) atoms. The highest BCUT2D eigenvalue weighted by Gasteiger charge is 2.20. The first-order valence-electron chi connectivity index (χ1n) is 6.28. The van der Waals surface area contributed by atoms with Crippen molar-refractivity contribution in [3.05, 3.63) is 0 Å². The van der Waals surface area contributed by atoms with E-state index in [2.05, 4.69) is 5.32 Å². The van der Waals surface area contributed by atoms with Crippen LogP contribution in [0.5, 0.6) is 0 Å². The molecule has 2 unspecified atom stereocenters. The highest BCUT2D eigenvalue weighted by atomic mass is 16.5. The van der Waals surface area contributed by atoms with Crippen molar-refractivity contribution in [2.75, 3.05) is 32.9 Å². The fourth-order valence-corrected chi connectivity index (χ4v) is 2.32. The van der Waals surface area contributed by atoms with E-state index < -0.39 is 0 Å². The van der Waals surface area contributed by atoms with E-state index in [0.717, 1.165) is 39.1 Å². The molecule has 2 atom stereocenters. The second-order valence-electron chi connectivity index (χ2n) is 4.83. The van der Waals surface area contributed by atoms with E-state index in [1.807, 2.05) is 0 Å². The van der Waals surface area contributed by atoms with Crippen molar-refractivity contribution in [3.63, 3.8) is 0 Å². The normalized spacial score (nSPS) is 30.2. The van der Waals surface area contributed by atoms with Gasteiger partial charge in [0.1, 0.15) is 0 Å². The van der Waals surface area contributed by atoms with E-state index in [9.17, 15) is 4.79 Å². The zero-order valence-corrected chi connectivity index (χ0v) is 9.74. The van der Waals surface area contributed by atoms with Crippen molar-refractivity contribution in [2.45, 2.75) is 25.7 Å². The van der Waals surface area contributed by atoms with Gasteiger partial charge in [-0.05, 0) is 38.3 Å². The van der Waals surface area contributed by atoms with Crippen molar-refractivity contribution in [2.24, 2.45) is 11.8 Å². The SMILES string of the molecule is O=C(CC1CCCNC1)OCC1CCOC1. The Bertz CT molecular complexity index is 220. The van der Waals surface area contributed by atoms with Crippen molar-refractivity contribution in [1.29, 1.82) is 0 Å². The molecule has 0 aromatic carbocycles. The Morgan fingerprint density at radius 2 is 2.31 bits per heavy atom. The maximum atomic E-state index is 11.6. The third-order valence-electron chi connectivity index (χ3n) is 3.36. The van der Waals surface area contributed by atoms with Gasteiger partial charge in [0.25, 0.3) is 0 Å². The number of hydrogen-bond acceptors (Lipinski definition) is 4. The lowest BCUT2D eigenvalue weighted by Crippen LogP contribution is -2.31. The van der Waals surface area contributed by atoms with Gasteiger partial charge in [0, 0.05) is 18.9 Å². The number of carbonyl (C=O) groups excluding carboxylic acids is 1. The molecule has 92 valence electrons. The quantitative estimate of drug-likeness (QED) is 0.727. The molecular formula is C12H21NO3. The summed E-state index contributed by atoms with van der Waals surface area (Å²) in [5, 5.41) is 3.31. The first-order valence-corrected chi connectivity index (χ1v) is 6.28. The van der Waals surface area contributed by atoms with Gasteiger partial charge in [0.2, 0.25) is 0 Å². The smallest absolute Gasteiger partial charge is 0.306 e. The van der Waals surface area contributed by atoms with E-state index in [-0.39, 0.29) is 5.97 Å². The summed E-state index contributed by atoms with van der Waals surface area (Å²) in [4.78, 5) is 11.6. The summed E-state index contributed by atoms with van der Waals surface area (Å²) in [6.45, 7) is 4.15. The number of ether oxygens (including phenoxy) is 2. The van der Waals surface area contributed by atoms with Crippen LogP contribution in [0, 0.1) is 11.8 Å². The van der Waals surface area contributed by atoms with E-state index in [0.29, 0.717) is 24.9 Å². The summed E-state index contributed by atoms with van der Waals surface area (Å²) < 4.78 is 10.5. The molecule has 0 bridgehead atoms. The predicted molar refractivity (Wildman–Crippen MR) is 60.1 cm³/mol. The average molecular weight is 227 g/mol. The van der Waals surface area contributed by atoms with Gasteiger partial charge in [-0.2, -0.15) is 0 Å². The van der Waals surface area contributed by atoms with Gasteiger partial charge in [0.05, 0.1) is 13.2 Å². The summed E-state index contributed by atoms with van der Waals surface area (Å²) in [7, 11) is 0. The lowest BCUT2D eigenvalue weighted by molar-refractivity contribution is -0.146. The summed E-state index contributed by atoms with van der Waals surface area (Å²) in [6.07, 6.45) is 3.92. The third-order valence-corrected chi connectivity index (χ3v) is 3.36. The fourth-order valence-electron chi connectivity index (χ4n) is 2.32. The van der Waals surface area contributed by atoms with E-state index in [4.69, 9.17) is 9.47 Å². The number of rotatable bonds is 4. The van der Waals surface area contributed by atoms with Crippen molar-refractivity contribution >= 4 is 5.97 Å². The van der Waals surface area contributed by atoms with Gasteiger partial charge in [-0.3, -0.25) is 4.79 Å². The highest BCUT2D eigenvalue weighted by molar-refractivity contribution is 5.69. The lowest BCUT2D eigenvalue weighted by Gasteiger charge is -2.21. The molecule has 0 aliphatic carbocycles. The minimum Gasteiger partial charge on any atom is -0.465 e. The Morgan fingerprint density at radius 1 is 1.38 bits per heavy atom. The van der Waals surface area contributed by atoms with Crippen molar-refractivity contribution in [3.8, 4) is 0 Å². The Morgan fingerprint density at radius 3 is 3.00 bits per heavy atom. The molecule has 0 saturated carbocycles. The van der Waals surface area contributed by atoms with Gasteiger partial charge in [-0.1, -0.05) is 0 Å². The topological polar surface area (TPSA) is 47.6 Å². The van der Waals surface area contributed by atoms with Crippen LogP contribution in [0.1, 0.15) is 25.7 Å². The summed E-state index contributed by atoms with van der Waals surface area (Å²) >= 11 is 0. The molecule has 2 heterocycles. The standard InChI is InChI=1S/C12H21NO3/c14-12(6-10-2-1-4-13-7-10)16-9-11-3-5-15-8-11/h10-11,13H,1-9H2. The molecule has 2 rings (SSSR count). The van der Waals surface area contributed by atoms with Gasteiger partial charge >= 0.3 is 5.97 Å². The van der Waals surface area contributed by atoms with Crippen LogP contribution in [0.15, 0.2) is 0 Å². The van der Waals surface area contributed by atoms with Crippen LogP contribution < -0.4 is 5.32 Å². The first-order chi connectivity index (χ1) is 7.84. The first kappa shape index (κ1) is 11.9. The molecule has 2 aliphatic rings. The van der Waals surface area contributed by atoms with Crippen LogP contribution in [-0.4, -0.2) is 38.9 Å². The van der Waals surface area contributed by atoms with Gasteiger partial charge in [-0.15, -0.1) is 0 Å². The maximum absolute atomic E-state index is 11.6. The minimum absolute atomic E-state index is 0.0411. The number of esters is 1. The van der Waals surface area contributed by atoms with E-state index in [1.165, 1.54) is 6.42 Å². The number of nitrogens with one attached hydrogen (secondary N) is 1. The van der Waals surface area contributed by atoms with Crippen LogP contribution in [0.4, 0.5) is 0 Å². The Kier molecular flexibility index (Phi) is 4.60. The molecule has 0 aromatic heterocycles.